The molecule has 2 saturated heterocycles. The van der Waals surface area contributed by atoms with Crippen LogP contribution in [-0.4, -0.2) is 53.4 Å². The number of carbonyl (C=O) groups is 1. The van der Waals surface area contributed by atoms with Crippen molar-refractivity contribution in [2.24, 2.45) is 0 Å². The summed E-state index contributed by atoms with van der Waals surface area (Å²) in [6.07, 6.45) is 4.42. The van der Waals surface area contributed by atoms with Gasteiger partial charge < -0.3 is 26.7 Å². The molecule has 1 N–H and O–H groups in total. The minimum Gasteiger partial charge on any atom is -1.00 e. The van der Waals surface area contributed by atoms with Gasteiger partial charge in [-0.25, -0.2) is 4.79 Å². The molecular weight excluding hydrogens is 266 g/mol. The molecule has 1 unspecified atom stereocenters. The molecule has 0 aromatic carbocycles. The largest absolute Gasteiger partial charge is 1.00 e. The molecule has 1 spiro atoms. The Labute approximate surface area is 122 Å². The predicted molar refractivity (Wildman–Crippen MR) is 69.0 cm³/mol. The Morgan fingerprint density at radius 2 is 1.84 bits per heavy atom. The van der Waals surface area contributed by atoms with Crippen LogP contribution in [-0.2, 0) is 9.53 Å². The number of halogens is 1. The summed E-state index contributed by atoms with van der Waals surface area (Å²) >= 11 is 0. The predicted octanol–water partition coefficient (Wildman–Crippen LogP) is -1.53. The lowest BCUT2D eigenvalue weighted by atomic mass is 9.98. The Hall–Kier alpha value is -0.320. The van der Waals surface area contributed by atoms with E-state index in [9.17, 15) is 9.90 Å². The summed E-state index contributed by atoms with van der Waals surface area (Å²) in [5.41, 5.74) is -1.28. The highest BCUT2D eigenvalue weighted by molar-refractivity contribution is 5.79. The lowest BCUT2D eigenvalue weighted by molar-refractivity contribution is -0.906. The molecule has 19 heavy (non-hydrogen) atoms. The van der Waals surface area contributed by atoms with Crippen LogP contribution in [0.25, 0.3) is 0 Å². The fraction of sp³-hybridized carbons (Fsp3) is 0.929. The average molecular weight is 292 g/mol. The van der Waals surface area contributed by atoms with Gasteiger partial charge in [-0.1, -0.05) is 13.8 Å². The molecule has 2 aliphatic rings. The second-order valence-corrected chi connectivity index (χ2v) is 5.96. The Balaban J connectivity index is 0.00000180. The maximum Gasteiger partial charge on any atom is 0.338 e. The topological polar surface area (TPSA) is 46.5 Å². The zero-order valence-electron chi connectivity index (χ0n) is 12.0. The molecule has 2 heterocycles. The zero-order valence-corrected chi connectivity index (χ0v) is 12.8. The third kappa shape index (κ3) is 3.41. The van der Waals surface area contributed by atoms with Gasteiger partial charge in [0.1, 0.15) is 6.54 Å². The van der Waals surface area contributed by atoms with E-state index in [1.807, 2.05) is 13.8 Å². The van der Waals surface area contributed by atoms with E-state index in [2.05, 4.69) is 0 Å². The molecule has 0 aromatic rings. The van der Waals surface area contributed by atoms with E-state index in [1.165, 1.54) is 25.9 Å². The molecule has 0 saturated carbocycles. The number of carbonyl (C=O) groups excluding carboxylic acids is 1. The first kappa shape index (κ1) is 16.7. The quantitative estimate of drug-likeness (QED) is 0.505. The normalized spacial score (nSPS) is 25.3. The Bertz CT molecular complexity index is 312. The summed E-state index contributed by atoms with van der Waals surface area (Å²) < 4.78 is 6.67. The van der Waals surface area contributed by atoms with Crippen LogP contribution in [0, 0.1) is 0 Å². The highest BCUT2D eigenvalue weighted by atomic mass is 35.5. The van der Waals surface area contributed by atoms with Gasteiger partial charge in [0.2, 0.25) is 0 Å². The Morgan fingerprint density at radius 1 is 1.26 bits per heavy atom. The number of hydrogen-bond donors (Lipinski definition) is 1. The van der Waals surface area contributed by atoms with Crippen LogP contribution in [0.4, 0.5) is 0 Å². The van der Waals surface area contributed by atoms with E-state index < -0.39 is 11.6 Å². The summed E-state index contributed by atoms with van der Waals surface area (Å²) in [4.78, 5) is 12.0. The Morgan fingerprint density at radius 3 is 2.37 bits per heavy atom. The first-order valence-corrected chi connectivity index (χ1v) is 7.32. The number of nitrogens with zero attached hydrogens (tertiary/aromatic N) is 1. The lowest BCUT2D eigenvalue weighted by Crippen LogP contribution is -3.00. The maximum atomic E-state index is 12.0. The molecule has 0 amide bonds. The average Bonchev–Trinajstić information content (AvgIpc) is 2.99. The van der Waals surface area contributed by atoms with Crippen molar-refractivity contribution in [1.82, 2.24) is 0 Å². The van der Waals surface area contributed by atoms with Crippen molar-refractivity contribution in [2.75, 3.05) is 26.2 Å². The molecule has 1 atom stereocenters. The van der Waals surface area contributed by atoms with Crippen LogP contribution in [0.1, 0.15) is 46.0 Å². The molecule has 0 bridgehead atoms. The van der Waals surface area contributed by atoms with Crippen molar-refractivity contribution in [3.63, 3.8) is 0 Å². The smallest absolute Gasteiger partial charge is 0.338 e. The first-order chi connectivity index (χ1) is 8.53. The third-order valence-electron chi connectivity index (χ3n) is 4.85. The van der Waals surface area contributed by atoms with E-state index in [0.29, 0.717) is 12.8 Å². The minimum atomic E-state index is -1.28. The summed E-state index contributed by atoms with van der Waals surface area (Å²) in [6, 6.07) is 0. The molecule has 4 nitrogen and oxygen atoms in total. The minimum absolute atomic E-state index is 0. The number of ether oxygens (including phenoxy) is 1. The summed E-state index contributed by atoms with van der Waals surface area (Å²) in [6.45, 7) is 8.21. The summed E-state index contributed by atoms with van der Waals surface area (Å²) in [7, 11) is 0. The third-order valence-corrected chi connectivity index (χ3v) is 4.85. The molecule has 2 aliphatic heterocycles. The lowest BCUT2D eigenvalue weighted by Gasteiger charge is -2.29. The molecule has 2 fully saturated rings. The van der Waals surface area contributed by atoms with Crippen molar-refractivity contribution in [3.8, 4) is 0 Å². The van der Waals surface area contributed by atoms with Gasteiger partial charge in [0.05, 0.1) is 19.6 Å². The highest BCUT2D eigenvalue weighted by Gasteiger charge is 2.44. The van der Waals surface area contributed by atoms with Crippen LogP contribution in [0.5, 0.6) is 0 Å². The standard InChI is InChI=1S/C14H26NO3.ClH/c1-3-14(17,4-2)13(16)18-12-7-10-15(11-12)8-5-6-9-15;/h12,17H,3-11H2,1-2H3;1H/q+1;/p-1. The number of aliphatic hydroxyl groups is 1. The monoisotopic (exact) mass is 291 g/mol. The number of quaternary nitrogens is 1. The molecule has 0 aliphatic carbocycles. The number of hydrogen-bond acceptors (Lipinski definition) is 3. The van der Waals surface area contributed by atoms with Crippen LogP contribution in [0.2, 0.25) is 0 Å². The number of rotatable bonds is 4. The van der Waals surface area contributed by atoms with Crippen LogP contribution in [0.3, 0.4) is 0 Å². The van der Waals surface area contributed by atoms with Crippen molar-refractivity contribution in [3.05, 3.63) is 0 Å². The van der Waals surface area contributed by atoms with E-state index in [4.69, 9.17) is 4.74 Å². The molecule has 0 aromatic heterocycles. The van der Waals surface area contributed by atoms with Gasteiger partial charge in [0.25, 0.3) is 0 Å². The fourth-order valence-corrected chi connectivity index (χ4v) is 3.34. The molecular formula is C14H26ClNO3. The number of esters is 1. The fourth-order valence-electron chi connectivity index (χ4n) is 3.34. The van der Waals surface area contributed by atoms with Gasteiger partial charge in [-0.2, -0.15) is 0 Å². The van der Waals surface area contributed by atoms with Crippen LogP contribution in [0.15, 0.2) is 0 Å². The van der Waals surface area contributed by atoms with Crippen molar-refractivity contribution in [1.29, 1.82) is 0 Å². The summed E-state index contributed by atoms with van der Waals surface area (Å²) in [5, 5.41) is 10.1. The van der Waals surface area contributed by atoms with E-state index in [1.54, 1.807) is 0 Å². The van der Waals surface area contributed by atoms with Gasteiger partial charge in [-0.15, -0.1) is 0 Å². The molecule has 112 valence electrons. The maximum absolute atomic E-state index is 12.0. The molecule has 0 radical (unpaired) electrons. The van der Waals surface area contributed by atoms with E-state index in [-0.39, 0.29) is 18.5 Å². The van der Waals surface area contributed by atoms with E-state index in [0.717, 1.165) is 24.0 Å². The SMILES string of the molecule is CCC(O)(CC)C(=O)OC1CC[N+]2(CCCC2)C1.[Cl-]. The second-order valence-electron chi connectivity index (χ2n) is 5.96. The van der Waals surface area contributed by atoms with Gasteiger partial charge in [-0.05, 0) is 12.8 Å². The van der Waals surface area contributed by atoms with Crippen molar-refractivity contribution in [2.45, 2.75) is 57.7 Å². The second kappa shape index (κ2) is 6.42. The van der Waals surface area contributed by atoms with Crippen molar-refractivity contribution < 1.29 is 31.5 Å². The van der Waals surface area contributed by atoms with Gasteiger partial charge in [0, 0.05) is 19.3 Å². The van der Waals surface area contributed by atoms with Gasteiger partial charge in [-0.3, -0.25) is 0 Å². The van der Waals surface area contributed by atoms with Gasteiger partial charge >= 0.3 is 5.97 Å². The highest BCUT2D eigenvalue weighted by Crippen LogP contribution is 2.29. The zero-order chi connectivity index (χ0) is 13.2. The van der Waals surface area contributed by atoms with Crippen LogP contribution < -0.4 is 12.4 Å². The summed E-state index contributed by atoms with van der Waals surface area (Å²) in [5.74, 6) is -0.420. The molecule has 2 rings (SSSR count). The molecule has 5 heteroatoms. The first-order valence-electron chi connectivity index (χ1n) is 7.32. The van der Waals surface area contributed by atoms with Gasteiger partial charge in [0.15, 0.2) is 11.7 Å². The van der Waals surface area contributed by atoms with Crippen molar-refractivity contribution >= 4 is 5.97 Å². The van der Waals surface area contributed by atoms with E-state index >= 15 is 0 Å². The van der Waals surface area contributed by atoms with Crippen LogP contribution >= 0.6 is 0 Å². The Kier molecular flexibility index (Phi) is 5.65.